The third-order valence-corrected chi connectivity index (χ3v) is 5.54. The van der Waals surface area contributed by atoms with Crippen LogP contribution in [0.1, 0.15) is 15.9 Å². The monoisotopic (exact) mass is 393 g/mol. The number of aryl methyl sites for hydroxylation is 1. The predicted molar refractivity (Wildman–Crippen MR) is 110 cm³/mol. The van der Waals surface area contributed by atoms with Gasteiger partial charge in [0.15, 0.2) is 16.6 Å². The first kappa shape index (κ1) is 18.3. The molecule has 28 heavy (non-hydrogen) atoms. The lowest BCUT2D eigenvalue weighted by Gasteiger charge is -2.09. The van der Waals surface area contributed by atoms with Crippen molar-refractivity contribution in [1.29, 1.82) is 0 Å². The highest BCUT2D eigenvalue weighted by molar-refractivity contribution is 7.99. The van der Waals surface area contributed by atoms with Crippen LogP contribution in [0, 0.1) is 6.92 Å². The third kappa shape index (κ3) is 3.18. The minimum atomic E-state index is -0.0202. The van der Waals surface area contributed by atoms with Crippen LogP contribution in [-0.4, -0.2) is 40.4 Å². The van der Waals surface area contributed by atoms with Gasteiger partial charge in [0.05, 0.1) is 31.1 Å². The first-order chi connectivity index (χ1) is 13.6. The van der Waals surface area contributed by atoms with Crippen LogP contribution in [0.2, 0.25) is 0 Å². The number of pyridine rings is 1. The minimum Gasteiger partial charge on any atom is -0.497 e. The van der Waals surface area contributed by atoms with Gasteiger partial charge in [-0.1, -0.05) is 23.9 Å². The van der Waals surface area contributed by atoms with Crippen molar-refractivity contribution in [1.82, 2.24) is 14.6 Å². The molecule has 0 saturated carbocycles. The molecule has 0 aliphatic rings. The number of hydrogen-bond donors (Lipinski definition) is 0. The average molecular weight is 393 g/mol. The number of ketones is 1. The Labute approximate surface area is 166 Å². The molecule has 6 nitrogen and oxygen atoms in total. The molecule has 2 aromatic heterocycles. The average Bonchev–Trinajstić information content (AvgIpc) is 3.14. The second-order valence-electron chi connectivity index (χ2n) is 6.30. The predicted octanol–water partition coefficient (Wildman–Crippen LogP) is 4.18. The maximum absolute atomic E-state index is 12.7. The smallest absolute Gasteiger partial charge is 0.196 e. The number of para-hydroxylation sites is 1. The molecule has 0 radical (unpaired) electrons. The van der Waals surface area contributed by atoms with Crippen LogP contribution in [0.4, 0.5) is 0 Å². The van der Waals surface area contributed by atoms with E-state index in [-0.39, 0.29) is 11.5 Å². The molecule has 0 saturated heterocycles. The fourth-order valence-electron chi connectivity index (χ4n) is 3.21. The van der Waals surface area contributed by atoms with Crippen molar-refractivity contribution in [3.63, 3.8) is 0 Å². The van der Waals surface area contributed by atoms with Gasteiger partial charge in [-0.2, -0.15) is 0 Å². The van der Waals surface area contributed by atoms with E-state index in [1.807, 2.05) is 47.7 Å². The van der Waals surface area contributed by atoms with E-state index < -0.39 is 0 Å². The Kier molecular flexibility index (Phi) is 4.92. The summed E-state index contributed by atoms with van der Waals surface area (Å²) in [5, 5.41) is 10.3. The van der Waals surface area contributed by atoms with E-state index in [1.165, 1.54) is 11.8 Å². The lowest BCUT2D eigenvalue weighted by Crippen LogP contribution is -2.05. The number of fused-ring (bicyclic) bond motifs is 3. The molecule has 0 aliphatic heterocycles. The summed E-state index contributed by atoms with van der Waals surface area (Å²) in [4.78, 5) is 12.7. The van der Waals surface area contributed by atoms with Crippen molar-refractivity contribution >= 4 is 34.1 Å². The fourth-order valence-corrected chi connectivity index (χ4v) is 4.04. The van der Waals surface area contributed by atoms with Gasteiger partial charge in [-0.05, 0) is 42.8 Å². The zero-order valence-electron chi connectivity index (χ0n) is 15.8. The zero-order valence-corrected chi connectivity index (χ0v) is 16.6. The first-order valence-corrected chi connectivity index (χ1v) is 9.72. The van der Waals surface area contributed by atoms with E-state index >= 15 is 0 Å². The maximum Gasteiger partial charge on any atom is 0.196 e. The molecule has 142 valence electrons. The summed E-state index contributed by atoms with van der Waals surface area (Å²) in [6.07, 6.45) is 0. The van der Waals surface area contributed by atoms with E-state index in [2.05, 4.69) is 10.2 Å². The Morgan fingerprint density at radius 2 is 1.89 bits per heavy atom. The molecule has 2 heterocycles. The van der Waals surface area contributed by atoms with Crippen molar-refractivity contribution < 1.29 is 14.3 Å². The van der Waals surface area contributed by atoms with Gasteiger partial charge in [-0.3, -0.25) is 9.20 Å². The molecule has 4 rings (SSSR count). The van der Waals surface area contributed by atoms with Gasteiger partial charge in [-0.25, -0.2) is 0 Å². The van der Waals surface area contributed by atoms with Crippen LogP contribution in [0.5, 0.6) is 11.5 Å². The topological polar surface area (TPSA) is 65.7 Å². The summed E-state index contributed by atoms with van der Waals surface area (Å²) < 4.78 is 12.6. The standard InChI is InChI=1S/C21H19N3O3S/c1-13-10-20-22-23-21(24(20)17-11-14(26-2)8-9-15(13)17)28-12-18(25)16-6-4-5-7-19(16)27-3/h4-11H,12H2,1-3H3. The highest BCUT2D eigenvalue weighted by Gasteiger charge is 2.16. The van der Waals surface area contributed by atoms with Gasteiger partial charge in [0.25, 0.3) is 0 Å². The SMILES string of the molecule is COc1ccc2c(C)cc3nnc(SCC(=O)c4ccccc4OC)n3c2c1. The number of rotatable bonds is 6. The summed E-state index contributed by atoms with van der Waals surface area (Å²) in [6.45, 7) is 2.04. The van der Waals surface area contributed by atoms with Gasteiger partial charge in [0, 0.05) is 11.5 Å². The van der Waals surface area contributed by atoms with Crippen molar-refractivity contribution in [2.24, 2.45) is 0 Å². The summed E-state index contributed by atoms with van der Waals surface area (Å²) in [7, 11) is 3.20. The van der Waals surface area contributed by atoms with E-state index in [4.69, 9.17) is 9.47 Å². The van der Waals surface area contributed by atoms with E-state index in [9.17, 15) is 4.79 Å². The van der Waals surface area contributed by atoms with E-state index in [1.54, 1.807) is 26.4 Å². The second kappa shape index (κ2) is 7.52. The molecule has 2 aromatic carbocycles. The molecule has 0 atom stereocenters. The van der Waals surface area contributed by atoms with E-state index in [0.29, 0.717) is 16.5 Å². The number of nitrogens with zero attached hydrogens (tertiary/aromatic N) is 3. The van der Waals surface area contributed by atoms with Crippen molar-refractivity contribution in [2.45, 2.75) is 12.1 Å². The number of benzene rings is 2. The van der Waals surface area contributed by atoms with Crippen molar-refractivity contribution in [3.8, 4) is 11.5 Å². The van der Waals surface area contributed by atoms with Gasteiger partial charge in [-0.15, -0.1) is 10.2 Å². The summed E-state index contributed by atoms with van der Waals surface area (Å²) in [5.74, 6) is 1.55. The van der Waals surface area contributed by atoms with E-state index in [0.717, 1.165) is 27.9 Å². The zero-order chi connectivity index (χ0) is 19.7. The van der Waals surface area contributed by atoms with Crippen molar-refractivity contribution in [2.75, 3.05) is 20.0 Å². The Morgan fingerprint density at radius 1 is 1.07 bits per heavy atom. The van der Waals surface area contributed by atoms with Crippen LogP contribution in [0.25, 0.3) is 16.6 Å². The quantitative estimate of drug-likeness (QED) is 0.362. The number of carbonyl (C=O) groups excluding carboxylic acids is 1. The number of carbonyl (C=O) groups is 1. The molecule has 0 N–H and O–H groups in total. The first-order valence-electron chi connectivity index (χ1n) is 8.74. The molecular formula is C21H19N3O3S. The van der Waals surface area contributed by atoms with Gasteiger partial charge >= 0.3 is 0 Å². The molecule has 7 heteroatoms. The highest BCUT2D eigenvalue weighted by atomic mass is 32.2. The van der Waals surface area contributed by atoms with Gasteiger partial charge < -0.3 is 9.47 Å². The number of thioether (sulfide) groups is 1. The number of hydrogen-bond acceptors (Lipinski definition) is 6. The van der Waals surface area contributed by atoms with Crippen LogP contribution in [-0.2, 0) is 0 Å². The third-order valence-electron chi connectivity index (χ3n) is 4.61. The van der Waals surface area contributed by atoms with Gasteiger partial charge in [0.2, 0.25) is 0 Å². The minimum absolute atomic E-state index is 0.0202. The Morgan fingerprint density at radius 3 is 2.68 bits per heavy atom. The molecule has 0 aliphatic carbocycles. The number of ether oxygens (including phenoxy) is 2. The number of aromatic nitrogens is 3. The summed E-state index contributed by atoms with van der Waals surface area (Å²) in [5.41, 5.74) is 3.37. The lowest BCUT2D eigenvalue weighted by atomic mass is 10.1. The Hall–Kier alpha value is -3.06. The largest absolute Gasteiger partial charge is 0.497 e. The molecular weight excluding hydrogens is 374 g/mol. The molecule has 4 aromatic rings. The molecule has 0 fully saturated rings. The maximum atomic E-state index is 12.7. The van der Waals surface area contributed by atoms with Crippen LogP contribution >= 0.6 is 11.8 Å². The molecule has 0 spiro atoms. The number of methoxy groups -OCH3 is 2. The Balaban J connectivity index is 1.71. The summed E-state index contributed by atoms with van der Waals surface area (Å²) >= 11 is 1.36. The number of Topliss-reactive ketones (excluding diaryl/α,β-unsaturated/α-hetero) is 1. The molecule has 0 unspecified atom stereocenters. The molecule has 0 bridgehead atoms. The Bertz CT molecular complexity index is 1190. The van der Waals surface area contributed by atoms with Crippen LogP contribution in [0.15, 0.2) is 53.7 Å². The van der Waals surface area contributed by atoms with Gasteiger partial charge in [0.1, 0.15) is 11.5 Å². The normalized spacial score (nSPS) is 11.1. The lowest BCUT2D eigenvalue weighted by molar-refractivity contribution is 0.101. The summed E-state index contributed by atoms with van der Waals surface area (Å²) in [6, 6.07) is 15.1. The van der Waals surface area contributed by atoms with Crippen LogP contribution < -0.4 is 9.47 Å². The fraction of sp³-hybridized carbons (Fsp3) is 0.190. The second-order valence-corrected chi connectivity index (χ2v) is 7.24. The van der Waals surface area contributed by atoms with Crippen molar-refractivity contribution in [3.05, 3.63) is 59.7 Å². The van der Waals surface area contributed by atoms with Crippen LogP contribution in [0.3, 0.4) is 0 Å². The highest BCUT2D eigenvalue weighted by Crippen LogP contribution is 2.29. The molecule has 0 amide bonds.